The first-order valence-electron chi connectivity index (χ1n) is 7.53. The number of nitrogens with zero attached hydrogens (tertiary/aromatic N) is 2. The Bertz CT molecular complexity index is 739. The number of carbonyl (C=O) groups excluding carboxylic acids is 1. The molecule has 4 nitrogen and oxygen atoms in total. The highest BCUT2D eigenvalue weighted by Gasteiger charge is 2.10. The van der Waals surface area contributed by atoms with E-state index in [4.69, 9.17) is 0 Å². The summed E-state index contributed by atoms with van der Waals surface area (Å²) >= 11 is 3.27. The van der Waals surface area contributed by atoms with E-state index < -0.39 is 6.61 Å². The first-order valence-corrected chi connectivity index (χ1v) is 8.32. The van der Waals surface area contributed by atoms with Crippen LogP contribution >= 0.6 is 15.9 Å². The first-order chi connectivity index (χ1) is 12.0. The maximum atomic E-state index is 12.5. The van der Waals surface area contributed by atoms with Crippen LogP contribution in [-0.4, -0.2) is 36.0 Å². The highest BCUT2D eigenvalue weighted by molar-refractivity contribution is 9.10. The Morgan fingerprint density at radius 1 is 1.36 bits per heavy atom. The zero-order valence-corrected chi connectivity index (χ0v) is 15.1. The molecule has 0 N–H and O–H groups in total. The summed E-state index contributed by atoms with van der Waals surface area (Å²) in [5.41, 5.74) is 1.28. The SMILES string of the molecule is CN(CCc1ccccn1)C(=O)/C=C/c1cc(Br)ccc1OC(F)F. The van der Waals surface area contributed by atoms with Gasteiger partial charge in [-0.15, -0.1) is 0 Å². The molecule has 0 bridgehead atoms. The third kappa shape index (κ3) is 6.26. The number of aromatic nitrogens is 1. The van der Waals surface area contributed by atoms with Crippen LogP contribution in [0.3, 0.4) is 0 Å². The van der Waals surface area contributed by atoms with Gasteiger partial charge in [0.05, 0.1) is 0 Å². The van der Waals surface area contributed by atoms with E-state index in [9.17, 15) is 13.6 Å². The van der Waals surface area contributed by atoms with Crippen LogP contribution in [0.2, 0.25) is 0 Å². The standard InChI is InChI=1S/C18H17BrF2N2O2/c1-23(11-9-15-4-2-3-10-22-15)17(24)8-5-13-12-14(19)6-7-16(13)25-18(20)21/h2-8,10,12,18H,9,11H2,1H3/b8-5+. The summed E-state index contributed by atoms with van der Waals surface area (Å²) in [6.07, 6.45) is 5.13. The summed E-state index contributed by atoms with van der Waals surface area (Å²) in [6, 6.07) is 10.2. The highest BCUT2D eigenvalue weighted by atomic mass is 79.9. The van der Waals surface area contributed by atoms with Gasteiger partial charge in [0.25, 0.3) is 0 Å². The number of pyridine rings is 1. The molecule has 0 unspecified atom stereocenters. The summed E-state index contributed by atoms with van der Waals surface area (Å²) < 4.78 is 30.1. The number of amides is 1. The lowest BCUT2D eigenvalue weighted by atomic mass is 10.2. The van der Waals surface area contributed by atoms with E-state index in [0.717, 1.165) is 5.69 Å². The molecule has 25 heavy (non-hydrogen) atoms. The van der Waals surface area contributed by atoms with Crippen molar-refractivity contribution in [1.29, 1.82) is 0 Å². The topological polar surface area (TPSA) is 42.4 Å². The second-order valence-corrected chi connectivity index (χ2v) is 6.14. The molecule has 2 aromatic rings. The van der Waals surface area contributed by atoms with E-state index >= 15 is 0 Å². The van der Waals surface area contributed by atoms with Gasteiger partial charge in [0.15, 0.2) is 0 Å². The quantitative estimate of drug-likeness (QED) is 0.643. The molecule has 0 radical (unpaired) electrons. The van der Waals surface area contributed by atoms with Crippen molar-refractivity contribution in [2.24, 2.45) is 0 Å². The normalized spacial score (nSPS) is 11.1. The van der Waals surface area contributed by atoms with Crippen LogP contribution in [0.25, 0.3) is 6.08 Å². The van der Waals surface area contributed by atoms with Gasteiger partial charge in [0.2, 0.25) is 5.91 Å². The first kappa shape index (κ1) is 19.1. The second kappa shape index (κ2) is 9.27. The van der Waals surface area contributed by atoms with Gasteiger partial charge in [-0.2, -0.15) is 8.78 Å². The van der Waals surface area contributed by atoms with E-state index in [2.05, 4.69) is 25.7 Å². The van der Waals surface area contributed by atoms with Gasteiger partial charge in [-0.05, 0) is 36.4 Å². The van der Waals surface area contributed by atoms with Gasteiger partial charge in [-0.25, -0.2) is 0 Å². The van der Waals surface area contributed by atoms with Crippen molar-refractivity contribution >= 4 is 27.9 Å². The van der Waals surface area contributed by atoms with Crippen molar-refractivity contribution in [3.8, 4) is 5.75 Å². The Morgan fingerprint density at radius 2 is 2.16 bits per heavy atom. The van der Waals surface area contributed by atoms with Crippen molar-refractivity contribution in [1.82, 2.24) is 9.88 Å². The van der Waals surface area contributed by atoms with Gasteiger partial charge >= 0.3 is 6.61 Å². The fraction of sp³-hybridized carbons (Fsp3) is 0.222. The molecule has 1 aromatic heterocycles. The van der Waals surface area contributed by atoms with E-state index in [1.807, 2.05) is 18.2 Å². The van der Waals surface area contributed by atoms with E-state index in [1.165, 1.54) is 23.1 Å². The molecule has 0 atom stereocenters. The molecule has 0 fully saturated rings. The maximum Gasteiger partial charge on any atom is 0.387 e. The van der Waals surface area contributed by atoms with Crippen LogP contribution in [0.15, 0.2) is 53.1 Å². The minimum absolute atomic E-state index is 0.0124. The van der Waals surface area contributed by atoms with Crippen molar-refractivity contribution < 1.29 is 18.3 Å². The van der Waals surface area contributed by atoms with Crippen LogP contribution in [0, 0.1) is 0 Å². The zero-order chi connectivity index (χ0) is 18.2. The monoisotopic (exact) mass is 410 g/mol. The maximum absolute atomic E-state index is 12.5. The van der Waals surface area contributed by atoms with Crippen molar-refractivity contribution in [3.63, 3.8) is 0 Å². The van der Waals surface area contributed by atoms with Crippen LogP contribution in [0.5, 0.6) is 5.75 Å². The molecule has 0 saturated carbocycles. The van der Waals surface area contributed by atoms with Gasteiger partial charge in [0, 0.05) is 48.0 Å². The van der Waals surface area contributed by atoms with Crippen molar-refractivity contribution in [2.75, 3.05) is 13.6 Å². The van der Waals surface area contributed by atoms with E-state index in [1.54, 1.807) is 25.4 Å². The van der Waals surface area contributed by atoms with Crippen LogP contribution in [0.4, 0.5) is 8.78 Å². The molecule has 132 valence electrons. The average molecular weight is 411 g/mol. The Hall–Kier alpha value is -2.28. The molecule has 0 aliphatic carbocycles. The Morgan fingerprint density at radius 3 is 2.84 bits per heavy atom. The summed E-state index contributed by atoms with van der Waals surface area (Å²) in [5, 5.41) is 0. The third-order valence-corrected chi connectivity index (χ3v) is 3.89. The second-order valence-electron chi connectivity index (χ2n) is 5.22. The number of likely N-dealkylation sites (N-methyl/N-ethyl adjacent to an activating group) is 1. The van der Waals surface area contributed by atoms with E-state index in [-0.39, 0.29) is 11.7 Å². The largest absolute Gasteiger partial charge is 0.434 e. The van der Waals surface area contributed by atoms with Crippen LogP contribution < -0.4 is 4.74 Å². The highest BCUT2D eigenvalue weighted by Crippen LogP contribution is 2.26. The molecule has 0 saturated heterocycles. The number of rotatable bonds is 7. The Labute approximate surface area is 153 Å². The molecule has 0 aliphatic heterocycles. The minimum atomic E-state index is -2.93. The molecular formula is C18H17BrF2N2O2. The van der Waals surface area contributed by atoms with Gasteiger partial charge < -0.3 is 9.64 Å². The summed E-state index contributed by atoms with van der Waals surface area (Å²) in [7, 11) is 1.67. The number of benzene rings is 1. The Balaban J connectivity index is 2.00. The average Bonchev–Trinajstić information content (AvgIpc) is 2.60. The summed E-state index contributed by atoms with van der Waals surface area (Å²) in [6.45, 7) is -2.43. The summed E-state index contributed by atoms with van der Waals surface area (Å²) in [4.78, 5) is 17.9. The zero-order valence-electron chi connectivity index (χ0n) is 13.5. The van der Waals surface area contributed by atoms with Crippen LogP contribution in [-0.2, 0) is 11.2 Å². The smallest absolute Gasteiger partial charge is 0.387 e. The van der Waals surface area contributed by atoms with Gasteiger partial charge in [-0.1, -0.05) is 22.0 Å². The molecule has 0 spiro atoms. The molecule has 0 aliphatic rings. The molecular weight excluding hydrogens is 394 g/mol. The number of alkyl halides is 2. The van der Waals surface area contributed by atoms with Crippen molar-refractivity contribution in [3.05, 3.63) is 64.4 Å². The predicted molar refractivity (Wildman–Crippen MR) is 95.4 cm³/mol. The van der Waals surface area contributed by atoms with Gasteiger partial charge in [0.1, 0.15) is 5.75 Å². The van der Waals surface area contributed by atoms with Crippen molar-refractivity contribution in [2.45, 2.75) is 13.0 Å². The minimum Gasteiger partial charge on any atom is -0.434 e. The number of halogens is 3. The molecule has 1 aromatic carbocycles. The third-order valence-electron chi connectivity index (χ3n) is 3.40. The molecule has 1 amide bonds. The molecule has 1 heterocycles. The fourth-order valence-electron chi connectivity index (χ4n) is 2.08. The number of ether oxygens (including phenoxy) is 1. The molecule has 2 rings (SSSR count). The van der Waals surface area contributed by atoms with Crippen LogP contribution in [0.1, 0.15) is 11.3 Å². The lowest BCUT2D eigenvalue weighted by Gasteiger charge is -2.14. The molecule has 7 heteroatoms. The number of hydrogen-bond donors (Lipinski definition) is 0. The fourth-order valence-corrected chi connectivity index (χ4v) is 2.46. The lowest BCUT2D eigenvalue weighted by Crippen LogP contribution is -2.27. The predicted octanol–water partition coefficient (Wildman–Crippen LogP) is 4.16. The van der Waals surface area contributed by atoms with E-state index in [0.29, 0.717) is 23.0 Å². The Kier molecular flexibility index (Phi) is 7.06. The number of hydrogen-bond acceptors (Lipinski definition) is 3. The number of carbonyl (C=O) groups is 1. The summed E-state index contributed by atoms with van der Waals surface area (Å²) in [5.74, 6) is -0.225. The lowest BCUT2D eigenvalue weighted by molar-refractivity contribution is -0.124. The van der Waals surface area contributed by atoms with Gasteiger partial charge in [-0.3, -0.25) is 9.78 Å².